The number of rotatable bonds is 8. The number of nitrogens with zero attached hydrogens (tertiary/aromatic N) is 4. The van der Waals surface area contributed by atoms with Crippen LogP contribution in [-0.2, 0) is 6.54 Å². The van der Waals surface area contributed by atoms with Gasteiger partial charge in [0.25, 0.3) is 5.69 Å². The molecule has 11 nitrogen and oxygen atoms in total. The minimum absolute atomic E-state index is 0.0336. The second-order valence-corrected chi connectivity index (χ2v) is 7.21. The second kappa shape index (κ2) is 9.36. The Bertz CT molecular complexity index is 1370. The van der Waals surface area contributed by atoms with Gasteiger partial charge in [-0.15, -0.1) is 0 Å². The number of aromatic nitrogens is 2. The van der Waals surface area contributed by atoms with Crippen LogP contribution in [0.15, 0.2) is 60.7 Å². The number of anilines is 1. The van der Waals surface area contributed by atoms with Gasteiger partial charge in [0.1, 0.15) is 22.7 Å². The molecule has 1 aromatic heterocycles. The fourth-order valence-electron chi connectivity index (χ4n) is 3.45. The first-order valence-electron chi connectivity index (χ1n) is 10.1. The zero-order chi connectivity index (χ0) is 24.2. The van der Waals surface area contributed by atoms with Gasteiger partial charge < -0.3 is 14.8 Å². The lowest BCUT2D eigenvalue weighted by Gasteiger charge is -2.13. The van der Waals surface area contributed by atoms with Crippen LogP contribution >= 0.6 is 0 Å². The van der Waals surface area contributed by atoms with Crippen molar-refractivity contribution in [3.8, 4) is 22.8 Å². The Labute approximate surface area is 193 Å². The minimum Gasteiger partial charge on any atom is -0.497 e. The third-order valence-corrected chi connectivity index (χ3v) is 5.06. The van der Waals surface area contributed by atoms with Crippen molar-refractivity contribution in [2.24, 2.45) is 0 Å². The lowest BCUT2D eigenvalue weighted by atomic mass is 10.1. The van der Waals surface area contributed by atoms with Crippen LogP contribution in [0, 0.1) is 20.2 Å². The van der Waals surface area contributed by atoms with Crippen molar-refractivity contribution >= 4 is 28.2 Å². The normalized spacial score (nSPS) is 10.6. The number of nitro groups is 2. The standard InChI is InChI=1S/C23H19N5O6/c1-33-17-8-14(9-18(12-17)34-2)13-24-23-21(15-6-4-3-5-7-15)26-22-19(25-23)10-16(27(29)30)11-20(22)28(31)32/h3-12H,13H2,1-2H3,(H,24,25). The summed E-state index contributed by atoms with van der Waals surface area (Å²) < 4.78 is 10.6. The molecule has 172 valence electrons. The van der Waals surface area contributed by atoms with E-state index in [9.17, 15) is 20.2 Å². The van der Waals surface area contributed by atoms with E-state index >= 15 is 0 Å². The van der Waals surface area contributed by atoms with Crippen molar-refractivity contribution in [1.82, 2.24) is 9.97 Å². The summed E-state index contributed by atoms with van der Waals surface area (Å²) in [7, 11) is 3.10. The Morgan fingerprint density at radius 2 is 1.56 bits per heavy atom. The van der Waals surface area contributed by atoms with E-state index in [2.05, 4.69) is 15.3 Å². The maximum atomic E-state index is 11.6. The number of hydrogen-bond acceptors (Lipinski definition) is 9. The lowest BCUT2D eigenvalue weighted by molar-refractivity contribution is -0.393. The molecule has 0 spiro atoms. The molecule has 4 rings (SSSR count). The summed E-state index contributed by atoms with van der Waals surface area (Å²) in [6, 6.07) is 16.5. The molecule has 1 N–H and O–H groups in total. The van der Waals surface area contributed by atoms with Gasteiger partial charge in [-0.05, 0) is 17.7 Å². The smallest absolute Gasteiger partial charge is 0.303 e. The maximum Gasteiger partial charge on any atom is 0.303 e. The zero-order valence-electron chi connectivity index (χ0n) is 18.2. The van der Waals surface area contributed by atoms with Crippen LogP contribution in [0.5, 0.6) is 11.5 Å². The van der Waals surface area contributed by atoms with Gasteiger partial charge in [-0.25, -0.2) is 9.97 Å². The largest absolute Gasteiger partial charge is 0.497 e. The number of non-ortho nitro benzene ring substituents is 2. The number of benzene rings is 3. The van der Waals surface area contributed by atoms with Gasteiger partial charge in [0.05, 0.1) is 30.1 Å². The van der Waals surface area contributed by atoms with Crippen molar-refractivity contribution in [2.75, 3.05) is 19.5 Å². The van der Waals surface area contributed by atoms with E-state index in [0.717, 1.165) is 11.6 Å². The van der Waals surface area contributed by atoms with Gasteiger partial charge in [0.2, 0.25) is 0 Å². The maximum absolute atomic E-state index is 11.6. The van der Waals surface area contributed by atoms with Gasteiger partial charge in [0, 0.05) is 24.2 Å². The average molecular weight is 461 g/mol. The molecule has 34 heavy (non-hydrogen) atoms. The van der Waals surface area contributed by atoms with Crippen LogP contribution in [0.3, 0.4) is 0 Å². The van der Waals surface area contributed by atoms with Gasteiger partial charge in [-0.1, -0.05) is 30.3 Å². The van der Waals surface area contributed by atoms with Crippen molar-refractivity contribution in [3.63, 3.8) is 0 Å². The topological polar surface area (TPSA) is 143 Å². The van der Waals surface area contributed by atoms with Crippen LogP contribution in [0.1, 0.15) is 5.56 Å². The third-order valence-electron chi connectivity index (χ3n) is 5.06. The molecule has 0 aliphatic heterocycles. The molecule has 0 amide bonds. The van der Waals surface area contributed by atoms with Crippen molar-refractivity contribution in [3.05, 3.63) is 86.5 Å². The van der Waals surface area contributed by atoms with Crippen LogP contribution < -0.4 is 14.8 Å². The Morgan fingerprint density at radius 1 is 0.882 bits per heavy atom. The van der Waals surface area contributed by atoms with Crippen molar-refractivity contribution in [1.29, 1.82) is 0 Å². The molecule has 0 atom stereocenters. The van der Waals surface area contributed by atoms with Gasteiger partial charge >= 0.3 is 5.69 Å². The Hall–Kier alpha value is -4.80. The molecule has 3 aromatic carbocycles. The monoisotopic (exact) mass is 461 g/mol. The summed E-state index contributed by atoms with van der Waals surface area (Å²) in [5.74, 6) is 1.53. The van der Waals surface area contributed by atoms with E-state index in [1.165, 1.54) is 6.07 Å². The molecule has 0 unspecified atom stereocenters. The highest BCUT2D eigenvalue weighted by Gasteiger charge is 2.24. The summed E-state index contributed by atoms with van der Waals surface area (Å²) in [6.45, 7) is 0.296. The van der Waals surface area contributed by atoms with Crippen molar-refractivity contribution < 1.29 is 19.3 Å². The number of methoxy groups -OCH3 is 2. The van der Waals surface area contributed by atoms with Gasteiger partial charge in [-0.3, -0.25) is 20.2 Å². The molecule has 4 aromatic rings. The highest BCUT2D eigenvalue weighted by Crippen LogP contribution is 2.34. The molecule has 0 aliphatic rings. The molecule has 0 saturated carbocycles. The molecule has 0 radical (unpaired) electrons. The number of fused-ring (bicyclic) bond motifs is 1. The average Bonchev–Trinajstić information content (AvgIpc) is 2.86. The van der Waals surface area contributed by atoms with E-state index < -0.39 is 21.2 Å². The number of ether oxygens (including phenoxy) is 2. The summed E-state index contributed by atoms with van der Waals surface area (Å²) >= 11 is 0. The molecular weight excluding hydrogens is 442 g/mol. The van der Waals surface area contributed by atoms with E-state index in [0.29, 0.717) is 35.1 Å². The Balaban J connectivity index is 1.85. The highest BCUT2D eigenvalue weighted by atomic mass is 16.6. The molecular formula is C23H19N5O6. The minimum atomic E-state index is -0.700. The van der Waals surface area contributed by atoms with E-state index in [4.69, 9.17) is 9.47 Å². The van der Waals surface area contributed by atoms with E-state index in [1.807, 2.05) is 30.3 Å². The van der Waals surface area contributed by atoms with Crippen LogP contribution in [0.25, 0.3) is 22.3 Å². The fraction of sp³-hybridized carbons (Fsp3) is 0.130. The van der Waals surface area contributed by atoms with Crippen LogP contribution in [-0.4, -0.2) is 34.0 Å². The first-order chi connectivity index (χ1) is 16.4. The third kappa shape index (κ3) is 4.53. The molecule has 11 heteroatoms. The molecule has 0 saturated heterocycles. The number of nitro benzene ring substituents is 2. The Morgan fingerprint density at radius 3 is 2.15 bits per heavy atom. The van der Waals surface area contributed by atoms with Gasteiger partial charge in [0.15, 0.2) is 11.3 Å². The second-order valence-electron chi connectivity index (χ2n) is 7.21. The van der Waals surface area contributed by atoms with E-state index in [-0.39, 0.29) is 11.0 Å². The summed E-state index contributed by atoms with van der Waals surface area (Å²) in [4.78, 5) is 30.6. The predicted molar refractivity (Wildman–Crippen MR) is 125 cm³/mol. The summed E-state index contributed by atoms with van der Waals surface area (Å²) in [5, 5.41) is 26.1. The quantitative estimate of drug-likeness (QED) is 0.290. The van der Waals surface area contributed by atoms with Crippen LogP contribution in [0.4, 0.5) is 17.2 Å². The molecule has 1 heterocycles. The van der Waals surface area contributed by atoms with Crippen LogP contribution in [0.2, 0.25) is 0 Å². The predicted octanol–water partition coefficient (Wildman–Crippen LogP) is 4.74. The van der Waals surface area contributed by atoms with Gasteiger partial charge in [-0.2, -0.15) is 0 Å². The SMILES string of the molecule is COc1cc(CNc2nc3cc([N+](=O)[O-])cc([N+](=O)[O-])c3nc2-c2ccccc2)cc(OC)c1. The molecule has 0 aliphatic carbocycles. The zero-order valence-corrected chi connectivity index (χ0v) is 18.2. The fourth-order valence-corrected chi connectivity index (χ4v) is 3.45. The summed E-state index contributed by atoms with van der Waals surface area (Å²) in [6.07, 6.45) is 0. The highest BCUT2D eigenvalue weighted by molar-refractivity contribution is 5.91. The summed E-state index contributed by atoms with van der Waals surface area (Å²) in [5.41, 5.74) is 0.939. The first-order valence-corrected chi connectivity index (χ1v) is 10.1. The molecule has 0 fully saturated rings. The Kier molecular flexibility index (Phi) is 6.17. The number of nitrogens with one attached hydrogen (secondary N) is 1. The lowest BCUT2D eigenvalue weighted by Crippen LogP contribution is -2.06. The van der Waals surface area contributed by atoms with Crippen molar-refractivity contribution in [2.45, 2.75) is 6.54 Å². The van der Waals surface area contributed by atoms with E-state index in [1.54, 1.807) is 32.4 Å². The molecule has 0 bridgehead atoms. The first kappa shape index (κ1) is 22.4. The number of hydrogen-bond donors (Lipinski definition) is 1.